The first-order valence-corrected chi connectivity index (χ1v) is 8.39. The highest BCUT2D eigenvalue weighted by molar-refractivity contribution is 5.26. The van der Waals surface area contributed by atoms with Gasteiger partial charge in [0.2, 0.25) is 0 Å². The van der Waals surface area contributed by atoms with Crippen LogP contribution in [0.2, 0.25) is 0 Å². The van der Waals surface area contributed by atoms with E-state index in [1.165, 1.54) is 0 Å². The van der Waals surface area contributed by atoms with Crippen LogP contribution in [0.4, 0.5) is 0 Å². The van der Waals surface area contributed by atoms with E-state index in [-0.39, 0.29) is 18.3 Å². The van der Waals surface area contributed by atoms with Crippen molar-refractivity contribution in [1.29, 1.82) is 0 Å². The van der Waals surface area contributed by atoms with E-state index in [0.29, 0.717) is 0 Å². The third kappa shape index (κ3) is 2.92. The van der Waals surface area contributed by atoms with Gasteiger partial charge in [-0.25, -0.2) is 0 Å². The fourth-order valence-corrected chi connectivity index (χ4v) is 3.66. The minimum absolute atomic E-state index is 0.103. The fraction of sp³-hybridized carbons (Fsp3) is 0.400. The number of rotatable bonds is 2. The van der Waals surface area contributed by atoms with Crippen molar-refractivity contribution in [2.75, 3.05) is 0 Å². The number of aliphatic hydroxyl groups excluding tert-OH is 1. The van der Waals surface area contributed by atoms with Crippen LogP contribution in [0, 0.1) is 0 Å². The minimum atomic E-state index is -0.555. The average Bonchev–Trinajstić information content (AvgIpc) is 2.99. The summed E-state index contributed by atoms with van der Waals surface area (Å²) >= 11 is 0. The molecule has 1 heterocycles. The largest absolute Gasteiger partial charge is 0.393 e. The molecule has 23 heavy (non-hydrogen) atoms. The summed E-state index contributed by atoms with van der Waals surface area (Å²) in [5, 5.41) is 9.81. The molecule has 0 bridgehead atoms. The zero-order valence-corrected chi connectivity index (χ0v) is 13.1. The van der Waals surface area contributed by atoms with E-state index in [1.54, 1.807) is 0 Å². The molecule has 2 aromatic carbocycles. The number of hydrogen-bond acceptors (Lipinski definition) is 3. The summed E-state index contributed by atoms with van der Waals surface area (Å²) in [6.07, 6.45) is 2.55. The molecule has 1 N–H and O–H groups in total. The summed E-state index contributed by atoms with van der Waals surface area (Å²) in [4.78, 5) is 0. The van der Waals surface area contributed by atoms with Gasteiger partial charge in [-0.2, -0.15) is 0 Å². The van der Waals surface area contributed by atoms with Gasteiger partial charge in [0.1, 0.15) is 12.2 Å². The van der Waals surface area contributed by atoms with Gasteiger partial charge in [0.25, 0.3) is 0 Å². The van der Waals surface area contributed by atoms with Gasteiger partial charge in [-0.15, -0.1) is 0 Å². The standard InChI is InChI=1S/C20H22O3/c21-17-11-13-20(14-12-17)22-18(15-7-3-1-4-8-15)19(23-20)16-9-5-2-6-10-16/h1-10,17-19,21H,11-14H2/t18-,19-/m0/s1. The van der Waals surface area contributed by atoms with Crippen LogP contribution in [-0.2, 0) is 9.47 Å². The van der Waals surface area contributed by atoms with Gasteiger partial charge in [0, 0.05) is 12.8 Å². The topological polar surface area (TPSA) is 38.7 Å². The molecule has 2 fully saturated rings. The van der Waals surface area contributed by atoms with Gasteiger partial charge >= 0.3 is 0 Å². The van der Waals surface area contributed by atoms with Gasteiger partial charge < -0.3 is 14.6 Å². The second kappa shape index (κ2) is 6.08. The summed E-state index contributed by atoms with van der Waals surface area (Å²) < 4.78 is 12.9. The van der Waals surface area contributed by atoms with Crippen molar-refractivity contribution in [2.24, 2.45) is 0 Å². The predicted molar refractivity (Wildman–Crippen MR) is 87.7 cm³/mol. The van der Waals surface area contributed by atoms with E-state index in [0.717, 1.165) is 36.8 Å². The van der Waals surface area contributed by atoms with Crippen LogP contribution in [0.3, 0.4) is 0 Å². The van der Waals surface area contributed by atoms with Crippen LogP contribution >= 0.6 is 0 Å². The summed E-state index contributed by atoms with van der Waals surface area (Å²) in [7, 11) is 0. The van der Waals surface area contributed by atoms with Crippen molar-refractivity contribution in [2.45, 2.75) is 49.8 Å². The van der Waals surface area contributed by atoms with Crippen LogP contribution in [0.25, 0.3) is 0 Å². The molecule has 0 radical (unpaired) electrons. The molecule has 2 aromatic rings. The van der Waals surface area contributed by atoms with Gasteiger partial charge in [0.05, 0.1) is 6.10 Å². The average molecular weight is 310 g/mol. The normalized spacial score (nSPS) is 27.3. The molecule has 1 spiro atoms. The number of hydrogen-bond donors (Lipinski definition) is 1. The highest BCUT2D eigenvalue weighted by atomic mass is 16.8. The molecular weight excluding hydrogens is 288 g/mol. The molecular formula is C20H22O3. The first-order valence-electron chi connectivity index (χ1n) is 8.39. The maximum Gasteiger partial charge on any atom is 0.170 e. The van der Waals surface area contributed by atoms with Crippen LogP contribution in [0.15, 0.2) is 60.7 Å². The molecule has 2 atom stereocenters. The lowest BCUT2D eigenvalue weighted by molar-refractivity contribution is -0.205. The quantitative estimate of drug-likeness (QED) is 0.905. The van der Waals surface area contributed by atoms with E-state index in [9.17, 15) is 5.11 Å². The van der Waals surface area contributed by atoms with Gasteiger partial charge in [-0.1, -0.05) is 60.7 Å². The molecule has 0 aromatic heterocycles. The molecule has 1 saturated heterocycles. The Hall–Kier alpha value is -1.68. The minimum Gasteiger partial charge on any atom is -0.393 e. The van der Waals surface area contributed by atoms with Crippen molar-refractivity contribution in [1.82, 2.24) is 0 Å². The third-order valence-corrected chi connectivity index (χ3v) is 4.93. The van der Waals surface area contributed by atoms with Crippen molar-refractivity contribution < 1.29 is 14.6 Å². The molecule has 4 rings (SSSR count). The summed E-state index contributed by atoms with van der Waals surface area (Å²) in [6, 6.07) is 20.6. The Morgan fingerprint density at radius 1 is 0.739 bits per heavy atom. The van der Waals surface area contributed by atoms with Gasteiger partial charge in [0.15, 0.2) is 5.79 Å². The second-order valence-corrected chi connectivity index (χ2v) is 6.54. The molecule has 3 heteroatoms. The van der Waals surface area contributed by atoms with Crippen LogP contribution in [-0.4, -0.2) is 17.0 Å². The van der Waals surface area contributed by atoms with Crippen molar-refractivity contribution in [3.8, 4) is 0 Å². The fourth-order valence-electron chi connectivity index (χ4n) is 3.66. The maximum atomic E-state index is 9.81. The maximum absolute atomic E-state index is 9.81. The predicted octanol–water partition coefficient (Wildman–Crippen LogP) is 4.15. The van der Waals surface area contributed by atoms with E-state index < -0.39 is 5.79 Å². The number of ether oxygens (including phenoxy) is 2. The zero-order valence-electron chi connectivity index (χ0n) is 13.1. The van der Waals surface area contributed by atoms with E-state index in [4.69, 9.17) is 9.47 Å². The Bertz CT molecular complexity index is 583. The van der Waals surface area contributed by atoms with Crippen LogP contribution < -0.4 is 0 Å². The molecule has 1 aliphatic carbocycles. The number of benzene rings is 2. The van der Waals surface area contributed by atoms with E-state index in [1.807, 2.05) is 36.4 Å². The monoisotopic (exact) mass is 310 g/mol. The first kappa shape index (κ1) is 14.9. The summed E-state index contributed by atoms with van der Waals surface area (Å²) in [6.45, 7) is 0. The smallest absolute Gasteiger partial charge is 0.170 e. The highest BCUT2D eigenvalue weighted by Crippen LogP contribution is 2.51. The molecule has 1 aliphatic heterocycles. The molecule has 0 amide bonds. The lowest BCUT2D eigenvalue weighted by Gasteiger charge is -2.34. The highest BCUT2D eigenvalue weighted by Gasteiger charge is 2.49. The zero-order chi connectivity index (χ0) is 15.7. The van der Waals surface area contributed by atoms with Crippen molar-refractivity contribution in [3.63, 3.8) is 0 Å². The third-order valence-electron chi connectivity index (χ3n) is 4.93. The lowest BCUT2D eigenvalue weighted by Crippen LogP contribution is -2.37. The first-order chi connectivity index (χ1) is 11.3. The molecule has 1 saturated carbocycles. The Balaban J connectivity index is 1.67. The molecule has 120 valence electrons. The van der Waals surface area contributed by atoms with Gasteiger partial charge in [-0.3, -0.25) is 0 Å². The molecule has 2 aliphatic rings. The summed E-state index contributed by atoms with van der Waals surface area (Å²) in [5.41, 5.74) is 2.29. The van der Waals surface area contributed by atoms with Crippen molar-refractivity contribution in [3.05, 3.63) is 71.8 Å². The van der Waals surface area contributed by atoms with E-state index >= 15 is 0 Å². The Morgan fingerprint density at radius 2 is 1.17 bits per heavy atom. The Kier molecular flexibility index (Phi) is 3.93. The van der Waals surface area contributed by atoms with E-state index in [2.05, 4.69) is 24.3 Å². The Labute approximate surface area is 136 Å². The lowest BCUT2D eigenvalue weighted by atomic mass is 9.92. The summed E-state index contributed by atoms with van der Waals surface area (Å²) in [5.74, 6) is -0.555. The van der Waals surface area contributed by atoms with Gasteiger partial charge in [-0.05, 0) is 24.0 Å². The molecule has 3 nitrogen and oxygen atoms in total. The SMILES string of the molecule is OC1CCC2(CC1)O[C@@H](c1ccccc1)[C@H](c1ccccc1)O2. The number of aliphatic hydroxyl groups is 1. The van der Waals surface area contributed by atoms with Crippen LogP contribution in [0.5, 0.6) is 0 Å². The van der Waals surface area contributed by atoms with Crippen molar-refractivity contribution >= 4 is 0 Å². The molecule has 0 unspecified atom stereocenters. The van der Waals surface area contributed by atoms with Crippen LogP contribution in [0.1, 0.15) is 49.0 Å². The Morgan fingerprint density at radius 3 is 1.61 bits per heavy atom. The second-order valence-electron chi connectivity index (χ2n) is 6.54.